The van der Waals surface area contributed by atoms with Gasteiger partial charge in [-0.05, 0) is 30.5 Å². The summed E-state index contributed by atoms with van der Waals surface area (Å²) in [6.45, 7) is 6.25. The van der Waals surface area contributed by atoms with Crippen molar-refractivity contribution < 1.29 is 19.8 Å². The number of rotatable bonds is 4. The number of amides is 1. The molecule has 0 spiro atoms. The van der Waals surface area contributed by atoms with Crippen LogP contribution in [0.1, 0.15) is 36.6 Å². The van der Waals surface area contributed by atoms with E-state index < -0.39 is 17.7 Å². The lowest BCUT2D eigenvalue weighted by Gasteiger charge is -2.26. The summed E-state index contributed by atoms with van der Waals surface area (Å²) in [5.74, 6) is -1.24. The largest absolute Gasteiger partial charge is 0.508 e. The minimum absolute atomic E-state index is 0.0789. The van der Waals surface area contributed by atoms with Crippen LogP contribution in [0.3, 0.4) is 0 Å². The van der Waals surface area contributed by atoms with Gasteiger partial charge in [-0.3, -0.25) is 9.59 Å². The summed E-state index contributed by atoms with van der Waals surface area (Å²) in [5.41, 5.74) is 2.27. The van der Waals surface area contributed by atoms with Crippen LogP contribution >= 0.6 is 0 Å². The third kappa shape index (κ3) is 3.58. The van der Waals surface area contributed by atoms with E-state index in [0.717, 1.165) is 5.56 Å². The molecule has 1 fully saturated rings. The first-order chi connectivity index (χ1) is 12.8. The van der Waals surface area contributed by atoms with Crippen LogP contribution in [0.15, 0.2) is 54.1 Å². The highest BCUT2D eigenvalue weighted by molar-refractivity contribution is 6.46. The molecule has 1 atom stereocenters. The standard InChI is InChI=1S/C22H23NO4/c1-13(2)12-23-19(15-8-10-17(24)11-9-15)18(21(26)22(23)27)20(25)16-6-4-14(3)5-7-16/h4-11,13,19,24-25H,12H2,1-3H3. The Morgan fingerprint density at radius 2 is 1.63 bits per heavy atom. The lowest BCUT2D eigenvalue weighted by atomic mass is 9.94. The number of aryl methyl sites for hydroxylation is 1. The molecule has 3 rings (SSSR count). The van der Waals surface area contributed by atoms with Crippen molar-refractivity contribution >= 4 is 17.4 Å². The van der Waals surface area contributed by atoms with Gasteiger partial charge in [-0.2, -0.15) is 0 Å². The van der Waals surface area contributed by atoms with Crippen LogP contribution in [0, 0.1) is 12.8 Å². The number of benzene rings is 2. The number of carbonyl (C=O) groups is 2. The number of carbonyl (C=O) groups excluding carboxylic acids is 2. The Labute approximate surface area is 158 Å². The fourth-order valence-electron chi connectivity index (χ4n) is 3.33. The van der Waals surface area contributed by atoms with Crippen molar-refractivity contribution in [2.45, 2.75) is 26.8 Å². The van der Waals surface area contributed by atoms with E-state index in [9.17, 15) is 19.8 Å². The molecule has 1 aliphatic heterocycles. The van der Waals surface area contributed by atoms with Crippen LogP contribution in [0.4, 0.5) is 0 Å². The number of hydrogen-bond acceptors (Lipinski definition) is 4. The molecule has 2 aromatic rings. The Bertz CT molecular complexity index is 895. The molecule has 1 aliphatic rings. The summed E-state index contributed by atoms with van der Waals surface area (Å²) in [6.07, 6.45) is 0. The quantitative estimate of drug-likeness (QED) is 0.491. The van der Waals surface area contributed by atoms with E-state index in [1.165, 1.54) is 17.0 Å². The van der Waals surface area contributed by atoms with Crippen LogP contribution < -0.4 is 0 Å². The van der Waals surface area contributed by atoms with Gasteiger partial charge in [-0.25, -0.2) is 0 Å². The van der Waals surface area contributed by atoms with Gasteiger partial charge in [-0.15, -0.1) is 0 Å². The van der Waals surface area contributed by atoms with Gasteiger partial charge in [0.05, 0.1) is 11.6 Å². The van der Waals surface area contributed by atoms with Gasteiger partial charge in [0.2, 0.25) is 0 Å². The first-order valence-electron chi connectivity index (χ1n) is 8.94. The van der Waals surface area contributed by atoms with E-state index in [2.05, 4.69) is 0 Å². The molecule has 1 saturated heterocycles. The van der Waals surface area contributed by atoms with Gasteiger partial charge < -0.3 is 15.1 Å². The molecule has 0 aromatic heterocycles. The van der Waals surface area contributed by atoms with E-state index in [4.69, 9.17) is 0 Å². The van der Waals surface area contributed by atoms with Crippen molar-refractivity contribution in [1.29, 1.82) is 0 Å². The molecule has 5 nitrogen and oxygen atoms in total. The van der Waals surface area contributed by atoms with E-state index >= 15 is 0 Å². The van der Waals surface area contributed by atoms with E-state index in [-0.39, 0.29) is 23.0 Å². The number of nitrogens with zero attached hydrogens (tertiary/aromatic N) is 1. The van der Waals surface area contributed by atoms with Gasteiger partial charge in [0, 0.05) is 12.1 Å². The molecule has 1 heterocycles. The average molecular weight is 365 g/mol. The number of hydrogen-bond donors (Lipinski definition) is 2. The topological polar surface area (TPSA) is 77.8 Å². The lowest BCUT2D eigenvalue weighted by molar-refractivity contribution is -0.140. The van der Waals surface area contributed by atoms with E-state index in [1.54, 1.807) is 24.3 Å². The fourth-order valence-corrected chi connectivity index (χ4v) is 3.33. The molecule has 1 amide bonds. The summed E-state index contributed by atoms with van der Waals surface area (Å²) in [4.78, 5) is 26.9. The van der Waals surface area contributed by atoms with Gasteiger partial charge in [0.1, 0.15) is 11.5 Å². The predicted molar refractivity (Wildman–Crippen MR) is 103 cm³/mol. The van der Waals surface area contributed by atoms with Crippen LogP contribution in [-0.2, 0) is 9.59 Å². The van der Waals surface area contributed by atoms with Crippen LogP contribution in [-0.4, -0.2) is 33.3 Å². The average Bonchev–Trinajstić information content (AvgIpc) is 2.87. The molecule has 2 aromatic carbocycles. The first kappa shape index (κ1) is 18.7. The molecule has 0 saturated carbocycles. The molecular formula is C22H23NO4. The van der Waals surface area contributed by atoms with Crippen molar-refractivity contribution in [3.8, 4) is 5.75 Å². The number of Topliss-reactive ketones (excluding diaryl/α,β-unsaturated/α-hetero) is 1. The minimum atomic E-state index is -0.688. The Balaban J connectivity index is 2.17. The maximum Gasteiger partial charge on any atom is 0.295 e. The number of aliphatic hydroxyl groups is 1. The summed E-state index contributed by atoms with van der Waals surface area (Å²) < 4.78 is 0. The van der Waals surface area contributed by atoms with Gasteiger partial charge in [-0.1, -0.05) is 55.8 Å². The number of phenols is 1. The summed E-state index contributed by atoms with van der Waals surface area (Å²) in [7, 11) is 0. The third-order valence-corrected chi connectivity index (χ3v) is 4.64. The second kappa shape index (κ2) is 7.27. The minimum Gasteiger partial charge on any atom is -0.508 e. The highest BCUT2D eigenvalue weighted by Gasteiger charge is 2.46. The predicted octanol–water partition coefficient (Wildman–Crippen LogP) is 3.78. The summed E-state index contributed by atoms with van der Waals surface area (Å²) in [6, 6.07) is 12.8. The van der Waals surface area contributed by atoms with Crippen LogP contribution in [0.25, 0.3) is 5.76 Å². The number of phenolic OH excluding ortho intramolecular Hbond substituents is 1. The zero-order chi connectivity index (χ0) is 19.7. The zero-order valence-electron chi connectivity index (χ0n) is 15.6. The Morgan fingerprint density at radius 1 is 1.04 bits per heavy atom. The highest BCUT2D eigenvalue weighted by Crippen LogP contribution is 2.40. The van der Waals surface area contributed by atoms with Crippen LogP contribution in [0.2, 0.25) is 0 Å². The summed E-state index contributed by atoms with van der Waals surface area (Å²) in [5, 5.41) is 20.5. The van der Waals surface area contributed by atoms with Gasteiger partial charge in [0.25, 0.3) is 11.7 Å². The molecular weight excluding hydrogens is 342 g/mol. The van der Waals surface area contributed by atoms with Crippen molar-refractivity contribution in [3.05, 3.63) is 70.8 Å². The number of ketones is 1. The van der Waals surface area contributed by atoms with E-state index in [0.29, 0.717) is 17.7 Å². The fraction of sp³-hybridized carbons (Fsp3) is 0.273. The first-order valence-corrected chi connectivity index (χ1v) is 8.94. The number of likely N-dealkylation sites (tertiary alicyclic amines) is 1. The second-order valence-corrected chi connectivity index (χ2v) is 7.30. The number of aliphatic hydroxyl groups excluding tert-OH is 1. The summed E-state index contributed by atoms with van der Waals surface area (Å²) >= 11 is 0. The van der Waals surface area contributed by atoms with E-state index in [1.807, 2.05) is 32.9 Å². The Kier molecular flexibility index (Phi) is 5.04. The number of aromatic hydroxyl groups is 1. The maximum atomic E-state index is 12.8. The maximum absolute atomic E-state index is 12.8. The molecule has 27 heavy (non-hydrogen) atoms. The SMILES string of the molecule is Cc1ccc(C(O)=C2C(=O)C(=O)N(CC(C)C)C2c2ccc(O)cc2)cc1. The molecule has 140 valence electrons. The molecule has 5 heteroatoms. The molecule has 0 aliphatic carbocycles. The van der Waals surface area contributed by atoms with Crippen molar-refractivity contribution in [2.24, 2.45) is 5.92 Å². The Hall–Kier alpha value is -3.08. The monoisotopic (exact) mass is 365 g/mol. The smallest absolute Gasteiger partial charge is 0.295 e. The molecule has 1 unspecified atom stereocenters. The molecule has 2 N–H and O–H groups in total. The van der Waals surface area contributed by atoms with Crippen molar-refractivity contribution in [3.63, 3.8) is 0 Å². The lowest BCUT2D eigenvalue weighted by Crippen LogP contribution is -2.33. The molecule has 0 radical (unpaired) electrons. The zero-order valence-corrected chi connectivity index (χ0v) is 15.6. The highest BCUT2D eigenvalue weighted by atomic mass is 16.3. The molecule has 0 bridgehead atoms. The van der Waals surface area contributed by atoms with Gasteiger partial charge in [0.15, 0.2) is 0 Å². The van der Waals surface area contributed by atoms with Crippen molar-refractivity contribution in [1.82, 2.24) is 4.90 Å². The normalized spacial score (nSPS) is 19.1. The Morgan fingerprint density at radius 3 is 2.19 bits per heavy atom. The van der Waals surface area contributed by atoms with Crippen molar-refractivity contribution in [2.75, 3.05) is 6.54 Å². The third-order valence-electron chi connectivity index (χ3n) is 4.64. The second-order valence-electron chi connectivity index (χ2n) is 7.30. The van der Waals surface area contributed by atoms with Crippen LogP contribution in [0.5, 0.6) is 5.75 Å². The van der Waals surface area contributed by atoms with Gasteiger partial charge >= 0.3 is 0 Å².